The fourth-order valence-electron chi connectivity index (χ4n) is 5.77. The Balaban J connectivity index is 2.11. The summed E-state index contributed by atoms with van der Waals surface area (Å²) in [5, 5.41) is 51.0. The number of aliphatic carboxylic acids is 2. The molecule has 9 N–H and O–H groups in total. The first kappa shape index (κ1) is 39.2. The number of phenolic OH excluding ortho intramolecular Hbond substituents is 1. The molecule has 18 heteroatoms. The fourth-order valence-corrected chi connectivity index (χ4v) is 5.77. The van der Waals surface area contributed by atoms with Gasteiger partial charge in [0.25, 0.3) is 0 Å². The number of carboxylic acids is 2. The number of phenols is 1. The van der Waals surface area contributed by atoms with E-state index in [1.165, 1.54) is 24.3 Å². The maximum atomic E-state index is 13.8. The number of fused-ring (bicyclic) bond motifs is 1. The van der Waals surface area contributed by atoms with Crippen LogP contribution in [0.4, 0.5) is 0 Å². The molecule has 2 saturated heterocycles. The van der Waals surface area contributed by atoms with Crippen LogP contribution in [0.25, 0.3) is 0 Å². The van der Waals surface area contributed by atoms with Crippen LogP contribution in [0, 0.1) is 5.92 Å². The topological polar surface area (TPSA) is 281 Å². The highest BCUT2D eigenvalue weighted by molar-refractivity contribution is 6.00. The summed E-state index contributed by atoms with van der Waals surface area (Å²) < 4.78 is 0. The molecule has 2 aliphatic rings. The van der Waals surface area contributed by atoms with E-state index in [0.717, 1.165) is 11.8 Å². The Bertz CT molecular complexity index is 1470. The Kier molecular flexibility index (Phi) is 13.6. The summed E-state index contributed by atoms with van der Waals surface area (Å²) in [6.45, 7) is 4.61. The molecule has 0 radical (unpaired) electrons. The quantitative estimate of drug-likeness (QED) is 0.132. The second-order valence-electron chi connectivity index (χ2n) is 12.9. The lowest BCUT2D eigenvalue weighted by Crippen LogP contribution is -2.63. The van der Waals surface area contributed by atoms with Gasteiger partial charge in [0.2, 0.25) is 35.4 Å². The molecule has 274 valence electrons. The van der Waals surface area contributed by atoms with Gasteiger partial charge < -0.3 is 51.9 Å². The number of aliphatic hydroxyl groups excluding tert-OH is 1. The fraction of sp³-hybridized carbons (Fsp3) is 0.562. The predicted molar refractivity (Wildman–Crippen MR) is 172 cm³/mol. The van der Waals surface area contributed by atoms with E-state index in [4.69, 9.17) is 0 Å². The van der Waals surface area contributed by atoms with Crippen LogP contribution in [0.15, 0.2) is 24.3 Å². The van der Waals surface area contributed by atoms with Crippen molar-refractivity contribution in [3.63, 3.8) is 0 Å². The van der Waals surface area contributed by atoms with Gasteiger partial charge in [-0.3, -0.25) is 38.4 Å². The average Bonchev–Trinajstić information content (AvgIpc) is 3.52. The summed E-state index contributed by atoms with van der Waals surface area (Å²) in [6, 6.07) is -3.48. The molecule has 3 rings (SSSR count). The third kappa shape index (κ3) is 10.9. The van der Waals surface area contributed by atoms with Crippen molar-refractivity contribution in [2.24, 2.45) is 5.92 Å². The number of carbonyl (C=O) groups excluding carboxylic acids is 6. The second-order valence-corrected chi connectivity index (χ2v) is 12.9. The number of benzene rings is 1. The van der Waals surface area contributed by atoms with Gasteiger partial charge in [0.1, 0.15) is 42.0 Å². The first-order valence-electron chi connectivity index (χ1n) is 16.2. The zero-order chi connectivity index (χ0) is 37.3. The first-order chi connectivity index (χ1) is 23.5. The van der Waals surface area contributed by atoms with E-state index < -0.39 is 103 Å². The van der Waals surface area contributed by atoms with Crippen LogP contribution in [-0.2, 0) is 44.8 Å². The maximum Gasteiger partial charge on any atom is 0.305 e. The Labute approximate surface area is 287 Å². The minimum Gasteiger partial charge on any atom is -0.508 e. The summed E-state index contributed by atoms with van der Waals surface area (Å²) in [5.74, 6) is -9.13. The standard InChI is InChI=1S/C32H44N6O12/c1-15(2)11-19-27(45)34-21(13-24(41)42)29(47)37-26(16(3)39)31(49)36-22(14-25(43)44)32(50)38-10-4-5-23(38)30(48)35-20(28(46)33-19)12-17-6-8-18(40)9-7-17/h6-9,15-16,19-23,26,39-40H,4-5,10-14H2,1-3H3,(H,33,46)(H,34,45)(H,35,48)(H,36,49)(H,37,47)(H,41,42)(H,43,44)/t16-,19+,20-,21-,22-,23-,26+/m1/s1. The predicted octanol–water partition coefficient (Wildman–Crippen LogP) is -2.26. The minimum atomic E-state index is -1.83. The van der Waals surface area contributed by atoms with Gasteiger partial charge in [-0.25, -0.2) is 0 Å². The largest absolute Gasteiger partial charge is 0.508 e. The third-order valence-electron chi connectivity index (χ3n) is 8.26. The smallest absolute Gasteiger partial charge is 0.305 e. The molecule has 2 heterocycles. The second kappa shape index (κ2) is 17.4. The molecule has 2 fully saturated rings. The molecule has 2 aliphatic heterocycles. The van der Waals surface area contributed by atoms with Crippen LogP contribution >= 0.6 is 0 Å². The van der Waals surface area contributed by atoms with E-state index in [9.17, 15) is 58.8 Å². The normalized spacial score (nSPS) is 26.4. The van der Waals surface area contributed by atoms with Gasteiger partial charge in [-0.1, -0.05) is 26.0 Å². The molecule has 7 atom stereocenters. The van der Waals surface area contributed by atoms with Crippen molar-refractivity contribution in [1.82, 2.24) is 31.5 Å². The van der Waals surface area contributed by atoms with Crippen molar-refractivity contribution in [2.45, 2.75) is 102 Å². The third-order valence-corrected chi connectivity index (χ3v) is 8.26. The lowest BCUT2D eigenvalue weighted by Gasteiger charge is -2.31. The Hall–Kier alpha value is -5.26. The highest BCUT2D eigenvalue weighted by Crippen LogP contribution is 2.21. The van der Waals surface area contributed by atoms with E-state index in [2.05, 4.69) is 26.6 Å². The number of carbonyl (C=O) groups is 8. The summed E-state index contributed by atoms with van der Waals surface area (Å²) in [5.41, 5.74) is 0.504. The molecular weight excluding hydrogens is 660 g/mol. The number of nitrogens with one attached hydrogen (secondary N) is 5. The molecule has 0 aromatic heterocycles. The molecule has 6 amide bonds. The van der Waals surface area contributed by atoms with Crippen molar-refractivity contribution in [3.05, 3.63) is 29.8 Å². The monoisotopic (exact) mass is 704 g/mol. The molecule has 0 aliphatic carbocycles. The van der Waals surface area contributed by atoms with Gasteiger partial charge >= 0.3 is 11.9 Å². The van der Waals surface area contributed by atoms with Crippen LogP contribution < -0.4 is 26.6 Å². The zero-order valence-corrected chi connectivity index (χ0v) is 27.9. The Morgan fingerprint density at radius 1 is 0.740 bits per heavy atom. The number of carboxylic acid groups (broad SMARTS) is 2. The van der Waals surface area contributed by atoms with E-state index in [1.807, 2.05) is 0 Å². The number of aliphatic hydroxyl groups is 1. The van der Waals surface area contributed by atoms with Gasteiger partial charge in [-0.15, -0.1) is 0 Å². The molecule has 50 heavy (non-hydrogen) atoms. The van der Waals surface area contributed by atoms with Crippen LogP contribution in [-0.4, -0.2) is 122 Å². The molecule has 0 spiro atoms. The van der Waals surface area contributed by atoms with E-state index >= 15 is 0 Å². The number of aromatic hydroxyl groups is 1. The van der Waals surface area contributed by atoms with E-state index in [0.29, 0.717) is 12.0 Å². The number of rotatable bonds is 9. The molecular formula is C32H44N6O12. The maximum absolute atomic E-state index is 13.8. The number of nitrogens with zero attached hydrogens (tertiary/aromatic N) is 1. The van der Waals surface area contributed by atoms with Crippen LogP contribution in [0.2, 0.25) is 0 Å². The highest BCUT2D eigenvalue weighted by atomic mass is 16.4. The molecule has 0 unspecified atom stereocenters. The summed E-state index contributed by atoms with van der Waals surface area (Å²) >= 11 is 0. The summed E-state index contributed by atoms with van der Waals surface area (Å²) in [4.78, 5) is 106. The average molecular weight is 705 g/mol. The SMILES string of the molecule is CC(C)C[C@@H]1NC(=O)[C@@H](Cc2ccc(O)cc2)NC(=O)[C@H]2CCCN2C(=O)[C@@H](CC(=O)O)NC(=O)[C@H]([C@@H](C)O)NC(=O)[C@@H](CC(=O)O)NC1=O. The lowest BCUT2D eigenvalue weighted by atomic mass is 10.00. The summed E-state index contributed by atoms with van der Waals surface area (Å²) in [7, 11) is 0. The van der Waals surface area contributed by atoms with Gasteiger partial charge in [0.05, 0.1) is 18.9 Å². The van der Waals surface area contributed by atoms with Gasteiger partial charge in [-0.2, -0.15) is 0 Å². The van der Waals surface area contributed by atoms with Gasteiger partial charge in [0.15, 0.2) is 0 Å². The van der Waals surface area contributed by atoms with Crippen molar-refractivity contribution in [3.8, 4) is 5.75 Å². The minimum absolute atomic E-state index is 0.00179. The van der Waals surface area contributed by atoms with E-state index in [-0.39, 0.29) is 37.5 Å². The van der Waals surface area contributed by atoms with Crippen LogP contribution in [0.1, 0.15) is 58.4 Å². The Morgan fingerprint density at radius 3 is 1.84 bits per heavy atom. The van der Waals surface area contributed by atoms with Crippen molar-refractivity contribution in [1.29, 1.82) is 0 Å². The van der Waals surface area contributed by atoms with Crippen molar-refractivity contribution < 1.29 is 58.8 Å². The summed E-state index contributed by atoms with van der Waals surface area (Å²) in [6.07, 6.45) is -3.20. The van der Waals surface area contributed by atoms with Crippen molar-refractivity contribution >= 4 is 47.4 Å². The molecule has 18 nitrogen and oxygen atoms in total. The zero-order valence-electron chi connectivity index (χ0n) is 27.9. The molecule has 1 aromatic rings. The molecule has 0 bridgehead atoms. The number of hydrogen-bond donors (Lipinski definition) is 9. The number of amides is 6. The van der Waals surface area contributed by atoms with Gasteiger partial charge in [-0.05, 0) is 49.8 Å². The highest BCUT2D eigenvalue weighted by Gasteiger charge is 2.41. The molecule has 1 aromatic carbocycles. The van der Waals surface area contributed by atoms with E-state index in [1.54, 1.807) is 13.8 Å². The van der Waals surface area contributed by atoms with Crippen LogP contribution in [0.3, 0.4) is 0 Å². The first-order valence-corrected chi connectivity index (χ1v) is 16.2. The lowest BCUT2D eigenvalue weighted by molar-refractivity contribution is -0.147. The van der Waals surface area contributed by atoms with Crippen molar-refractivity contribution in [2.75, 3.05) is 6.54 Å². The van der Waals surface area contributed by atoms with Crippen LogP contribution in [0.5, 0.6) is 5.75 Å². The molecule has 0 saturated carbocycles. The number of hydrogen-bond acceptors (Lipinski definition) is 10. The Morgan fingerprint density at radius 2 is 1.26 bits per heavy atom. The van der Waals surface area contributed by atoms with Gasteiger partial charge in [0, 0.05) is 13.0 Å².